The fourth-order valence-corrected chi connectivity index (χ4v) is 4.02. The minimum absolute atomic E-state index is 0.520. The predicted octanol–water partition coefficient (Wildman–Crippen LogP) is 4.47. The Kier molecular flexibility index (Phi) is 2.74. The van der Waals surface area contributed by atoms with Crippen LogP contribution in [0.15, 0.2) is 11.6 Å². The fourth-order valence-electron chi connectivity index (χ4n) is 3.28. The van der Waals surface area contributed by atoms with Crippen molar-refractivity contribution in [3.63, 3.8) is 0 Å². The standard InChI is InChI=1S/C14H24S/c1-5-11-12(15)14(11)8-6-13(4,7-9-14)10(2)3/h5,10,12,15H,6-9H2,1-4H3/b11-5+. The number of hydrogen-bond acceptors (Lipinski definition) is 1. The van der Waals surface area contributed by atoms with Crippen LogP contribution in [0, 0.1) is 16.7 Å². The molecule has 2 saturated carbocycles. The van der Waals surface area contributed by atoms with Crippen LogP contribution in [0.25, 0.3) is 0 Å². The Labute approximate surface area is 99.9 Å². The molecule has 1 atom stereocenters. The van der Waals surface area contributed by atoms with E-state index >= 15 is 0 Å². The number of allylic oxidation sites excluding steroid dienone is 1. The van der Waals surface area contributed by atoms with Gasteiger partial charge < -0.3 is 0 Å². The lowest BCUT2D eigenvalue weighted by Crippen LogP contribution is -2.30. The Hall–Kier alpha value is 0.0900. The SMILES string of the molecule is C/C=C1\C(S)C12CCC(C)(C(C)C)CC2. The summed E-state index contributed by atoms with van der Waals surface area (Å²) in [5.41, 5.74) is 2.73. The van der Waals surface area contributed by atoms with E-state index in [0.717, 1.165) is 5.92 Å². The largest absolute Gasteiger partial charge is 0.171 e. The number of thiol groups is 1. The van der Waals surface area contributed by atoms with Crippen molar-refractivity contribution in [2.75, 3.05) is 0 Å². The van der Waals surface area contributed by atoms with Crippen molar-refractivity contribution in [1.29, 1.82) is 0 Å². The molecule has 0 heterocycles. The highest BCUT2D eigenvalue weighted by Crippen LogP contribution is 2.66. The van der Waals surface area contributed by atoms with Crippen molar-refractivity contribution in [1.82, 2.24) is 0 Å². The van der Waals surface area contributed by atoms with E-state index in [1.54, 1.807) is 5.57 Å². The average molecular weight is 224 g/mol. The van der Waals surface area contributed by atoms with Crippen LogP contribution in [0.2, 0.25) is 0 Å². The summed E-state index contributed by atoms with van der Waals surface area (Å²) in [6.45, 7) is 9.39. The maximum atomic E-state index is 4.72. The van der Waals surface area contributed by atoms with E-state index in [9.17, 15) is 0 Å². The molecule has 2 aliphatic carbocycles. The zero-order valence-electron chi connectivity index (χ0n) is 10.5. The van der Waals surface area contributed by atoms with Crippen LogP contribution in [0.5, 0.6) is 0 Å². The van der Waals surface area contributed by atoms with E-state index in [1.807, 2.05) is 0 Å². The van der Waals surface area contributed by atoms with Gasteiger partial charge in [0.05, 0.1) is 0 Å². The van der Waals surface area contributed by atoms with E-state index in [1.165, 1.54) is 25.7 Å². The smallest absolute Gasteiger partial charge is 0.0326 e. The third-order valence-corrected chi connectivity index (χ3v) is 6.07. The molecule has 1 unspecified atom stereocenters. The molecule has 2 rings (SSSR count). The maximum Gasteiger partial charge on any atom is 0.0326 e. The second-order valence-corrected chi connectivity index (χ2v) is 6.63. The molecular formula is C14H24S. The lowest BCUT2D eigenvalue weighted by atomic mass is 9.64. The molecule has 2 fully saturated rings. The molecule has 0 aromatic carbocycles. The summed E-state index contributed by atoms with van der Waals surface area (Å²) >= 11 is 4.72. The molecule has 0 saturated heterocycles. The zero-order chi connectivity index (χ0) is 11.3. The van der Waals surface area contributed by atoms with Gasteiger partial charge in [0.25, 0.3) is 0 Å². The normalized spacial score (nSPS) is 47.9. The molecule has 0 amide bonds. The molecule has 0 radical (unpaired) electrons. The van der Waals surface area contributed by atoms with Crippen molar-refractivity contribution in [3.8, 4) is 0 Å². The Bertz CT molecular complexity index is 280. The summed E-state index contributed by atoms with van der Waals surface area (Å²) in [4.78, 5) is 0. The van der Waals surface area contributed by atoms with Gasteiger partial charge in [-0.25, -0.2) is 0 Å². The first-order chi connectivity index (χ1) is 6.96. The summed E-state index contributed by atoms with van der Waals surface area (Å²) in [7, 11) is 0. The van der Waals surface area contributed by atoms with Gasteiger partial charge in [0, 0.05) is 10.7 Å². The summed E-state index contributed by atoms with van der Waals surface area (Å²) < 4.78 is 0. The van der Waals surface area contributed by atoms with Gasteiger partial charge in [-0.05, 0) is 43.9 Å². The second-order valence-electron chi connectivity index (χ2n) is 6.11. The van der Waals surface area contributed by atoms with E-state index in [-0.39, 0.29) is 0 Å². The first-order valence-corrected chi connectivity index (χ1v) is 6.83. The quantitative estimate of drug-likeness (QED) is 0.493. The second kappa shape index (κ2) is 3.55. The molecule has 15 heavy (non-hydrogen) atoms. The Morgan fingerprint density at radius 2 is 1.80 bits per heavy atom. The molecular weight excluding hydrogens is 200 g/mol. The van der Waals surface area contributed by atoms with Gasteiger partial charge in [-0.3, -0.25) is 0 Å². The van der Waals surface area contributed by atoms with Crippen molar-refractivity contribution in [3.05, 3.63) is 11.6 Å². The molecule has 0 aromatic rings. The maximum absolute atomic E-state index is 4.72. The predicted molar refractivity (Wildman–Crippen MR) is 70.4 cm³/mol. The van der Waals surface area contributed by atoms with Crippen LogP contribution >= 0.6 is 12.6 Å². The van der Waals surface area contributed by atoms with Gasteiger partial charge in [-0.1, -0.05) is 32.4 Å². The first-order valence-electron chi connectivity index (χ1n) is 6.31. The molecule has 1 spiro atoms. The van der Waals surface area contributed by atoms with Crippen molar-refractivity contribution in [2.45, 2.75) is 58.6 Å². The molecule has 1 heteroatoms. The van der Waals surface area contributed by atoms with Crippen molar-refractivity contribution >= 4 is 12.6 Å². The highest BCUT2D eigenvalue weighted by atomic mass is 32.1. The van der Waals surface area contributed by atoms with E-state index in [2.05, 4.69) is 33.8 Å². The lowest BCUT2D eigenvalue weighted by Gasteiger charge is -2.41. The van der Waals surface area contributed by atoms with Gasteiger partial charge in [-0.2, -0.15) is 12.6 Å². The van der Waals surface area contributed by atoms with E-state index < -0.39 is 0 Å². The van der Waals surface area contributed by atoms with Crippen LogP contribution < -0.4 is 0 Å². The monoisotopic (exact) mass is 224 g/mol. The minimum atomic E-state index is 0.520. The van der Waals surface area contributed by atoms with E-state index in [4.69, 9.17) is 12.6 Å². The van der Waals surface area contributed by atoms with Gasteiger partial charge in [0.1, 0.15) is 0 Å². The molecule has 0 aromatic heterocycles. The van der Waals surface area contributed by atoms with Crippen LogP contribution in [0.1, 0.15) is 53.4 Å². The Balaban J connectivity index is 2.06. The number of rotatable bonds is 1. The van der Waals surface area contributed by atoms with Crippen molar-refractivity contribution < 1.29 is 0 Å². The Morgan fingerprint density at radius 1 is 1.27 bits per heavy atom. The van der Waals surface area contributed by atoms with E-state index in [0.29, 0.717) is 16.1 Å². The Morgan fingerprint density at radius 3 is 2.13 bits per heavy atom. The third kappa shape index (κ3) is 1.58. The summed E-state index contributed by atoms with van der Waals surface area (Å²) in [5, 5.41) is 0.583. The van der Waals surface area contributed by atoms with Gasteiger partial charge in [0.2, 0.25) is 0 Å². The van der Waals surface area contributed by atoms with Gasteiger partial charge in [-0.15, -0.1) is 0 Å². The van der Waals surface area contributed by atoms with Gasteiger partial charge >= 0.3 is 0 Å². The highest BCUT2D eigenvalue weighted by molar-refractivity contribution is 7.81. The third-order valence-electron chi connectivity index (χ3n) is 5.30. The molecule has 0 bridgehead atoms. The van der Waals surface area contributed by atoms with Crippen LogP contribution in [0.3, 0.4) is 0 Å². The molecule has 0 aliphatic heterocycles. The van der Waals surface area contributed by atoms with Crippen LogP contribution in [-0.2, 0) is 0 Å². The number of hydrogen-bond donors (Lipinski definition) is 1. The van der Waals surface area contributed by atoms with Crippen molar-refractivity contribution in [2.24, 2.45) is 16.7 Å². The average Bonchev–Trinajstić information content (AvgIpc) is 2.76. The zero-order valence-corrected chi connectivity index (χ0v) is 11.4. The molecule has 2 aliphatic rings. The first kappa shape index (κ1) is 11.6. The highest BCUT2D eigenvalue weighted by Gasteiger charge is 2.59. The molecule has 0 nitrogen and oxygen atoms in total. The molecule has 86 valence electrons. The molecule has 0 N–H and O–H groups in total. The summed E-state index contributed by atoms with van der Waals surface area (Å²) in [6, 6.07) is 0. The minimum Gasteiger partial charge on any atom is -0.171 e. The van der Waals surface area contributed by atoms with Crippen LogP contribution in [0.4, 0.5) is 0 Å². The summed E-state index contributed by atoms with van der Waals surface area (Å²) in [5.74, 6) is 0.820. The fraction of sp³-hybridized carbons (Fsp3) is 0.857. The topological polar surface area (TPSA) is 0 Å². The lowest BCUT2D eigenvalue weighted by molar-refractivity contribution is 0.109. The van der Waals surface area contributed by atoms with Gasteiger partial charge in [0.15, 0.2) is 0 Å². The van der Waals surface area contributed by atoms with Crippen LogP contribution in [-0.4, -0.2) is 5.25 Å². The summed E-state index contributed by atoms with van der Waals surface area (Å²) in [6.07, 6.45) is 7.82.